The first-order valence-electron chi connectivity index (χ1n) is 11.0. The smallest absolute Gasteiger partial charge is 0.216 e. The molecule has 2 aromatic rings. The van der Waals surface area contributed by atoms with Crippen molar-refractivity contribution in [2.45, 2.75) is 64.8 Å². The van der Waals surface area contributed by atoms with Gasteiger partial charge in [0.15, 0.2) is 5.96 Å². The molecule has 0 atom stereocenters. The van der Waals surface area contributed by atoms with Gasteiger partial charge in [-0.05, 0) is 37.8 Å². The normalized spacial score (nSPS) is 16.5. The fraction of sp³-hybridized carbons (Fsp3) is 0.583. The number of hydrogen-bond acceptors (Lipinski definition) is 4. The van der Waals surface area contributed by atoms with Crippen LogP contribution in [0.1, 0.15) is 63.3 Å². The highest BCUT2D eigenvalue weighted by molar-refractivity contribution is 14.0. The molecule has 1 aromatic heterocycles. The molecule has 172 valence electrons. The summed E-state index contributed by atoms with van der Waals surface area (Å²) >= 11 is 0. The van der Waals surface area contributed by atoms with E-state index in [1.54, 1.807) is 6.20 Å². The van der Waals surface area contributed by atoms with Crippen molar-refractivity contribution in [1.29, 1.82) is 0 Å². The largest absolute Gasteiger partial charge is 0.443 e. The third kappa shape index (κ3) is 6.68. The Kier molecular flexibility index (Phi) is 9.36. The van der Waals surface area contributed by atoms with Crippen LogP contribution in [0, 0.1) is 6.92 Å². The Morgan fingerprint density at radius 3 is 2.48 bits per heavy atom. The Hall–Kier alpha value is -1.61. The number of guanidine groups is 1. The summed E-state index contributed by atoms with van der Waals surface area (Å²) in [4.78, 5) is 9.11. The monoisotopic (exact) mass is 540 g/mol. The zero-order chi connectivity index (χ0) is 21.6. The van der Waals surface area contributed by atoms with Crippen LogP contribution in [0.25, 0.3) is 0 Å². The van der Waals surface area contributed by atoms with Crippen molar-refractivity contribution in [1.82, 2.24) is 15.6 Å². The van der Waals surface area contributed by atoms with Gasteiger partial charge in [0, 0.05) is 37.1 Å². The molecule has 1 aromatic carbocycles. The molecule has 2 heterocycles. The average molecular weight is 540 g/mol. The van der Waals surface area contributed by atoms with Crippen molar-refractivity contribution in [2.75, 3.05) is 26.3 Å². The van der Waals surface area contributed by atoms with Crippen LogP contribution >= 0.6 is 24.0 Å². The molecule has 0 saturated carbocycles. The van der Waals surface area contributed by atoms with E-state index in [2.05, 4.69) is 74.5 Å². The lowest BCUT2D eigenvalue weighted by atomic mass is 9.72. The first-order valence-corrected chi connectivity index (χ1v) is 11.0. The Bertz CT molecular complexity index is 851. The van der Waals surface area contributed by atoms with Gasteiger partial charge in [-0.25, -0.2) is 9.98 Å². The molecule has 0 radical (unpaired) electrons. The van der Waals surface area contributed by atoms with E-state index in [1.165, 1.54) is 11.1 Å². The van der Waals surface area contributed by atoms with E-state index >= 15 is 0 Å². The molecule has 1 aliphatic heterocycles. The molecule has 0 aliphatic carbocycles. The fourth-order valence-electron chi connectivity index (χ4n) is 3.94. The van der Waals surface area contributed by atoms with Crippen LogP contribution in [-0.4, -0.2) is 37.2 Å². The summed E-state index contributed by atoms with van der Waals surface area (Å²) < 4.78 is 11.6. The quantitative estimate of drug-likeness (QED) is 0.316. The van der Waals surface area contributed by atoms with Crippen LogP contribution in [0.2, 0.25) is 0 Å². The Morgan fingerprint density at radius 2 is 1.87 bits per heavy atom. The Morgan fingerprint density at radius 1 is 1.16 bits per heavy atom. The third-order valence-corrected chi connectivity index (χ3v) is 5.77. The van der Waals surface area contributed by atoms with Crippen LogP contribution < -0.4 is 10.6 Å². The number of ether oxygens (including phenoxy) is 1. The first kappa shape index (κ1) is 25.6. The minimum Gasteiger partial charge on any atom is -0.443 e. The van der Waals surface area contributed by atoms with Gasteiger partial charge in [0.05, 0.1) is 6.20 Å². The molecule has 1 fully saturated rings. The van der Waals surface area contributed by atoms with E-state index in [-0.39, 0.29) is 34.8 Å². The van der Waals surface area contributed by atoms with E-state index in [0.717, 1.165) is 50.9 Å². The highest BCUT2D eigenvalue weighted by atomic mass is 127. The summed E-state index contributed by atoms with van der Waals surface area (Å²) in [7, 11) is 0. The number of hydrogen-bond donors (Lipinski definition) is 2. The molecular formula is C24H37IN4O2. The molecule has 0 amide bonds. The topological polar surface area (TPSA) is 71.7 Å². The van der Waals surface area contributed by atoms with E-state index in [9.17, 15) is 0 Å². The molecule has 31 heavy (non-hydrogen) atoms. The van der Waals surface area contributed by atoms with Crippen molar-refractivity contribution in [3.8, 4) is 0 Å². The number of oxazole rings is 1. The standard InChI is InChI=1S/C24H36N4O2.HI/c1-6-25-22(27-16-21-26-15-20(30-21)23(3,4)5)28-17-24(11-13-29-14-12-24)19-10-8-7-9-18(19)2;/h7-10,15H,6,11-14,16-17H2,1-5H3,(H2,25,27,28);1H. The van der Waals surface area contributed by atoms with Crippen LogP contribution in [0.4, 0.5) is 0 Å². The molecule has 1 aliphatic rings. The maximum Gasteiger partial charge on any atom is 0.216 e. The van der Waals surface area contributed by atoms with Gasteiger partial charge in [0.2, 0.25) is 5.89 Å². The minimum atomic E-state index is -0.0549. The van der Waals surface area contributed by atoms with Gasteiger partial charge >= 0.3 is 0 Å². The fourth-order valence-corrected chi connectivity index (χ4v) is 3.94. The SMILES string of the molecule is CCNC(=NCc1ncc(C(C)(C)C)o1)NCC1(c2ccccc2C)CCOCC1.I. The lowest BCUT2D eigenvalue weighted by Gasteiger charge is -2.39. The van der Waals surface area contributed by atoms with Gasteiger partial charge in [0.25, 0.3) is 0 Å². The Balaban J connectivity index is 0.00000341. The van der Waals surface area contributed by atoms with Crippen molar-refractivity contribution in [3.05, 3.63) is 53.2 Å². The van der Waals surface area contributed by atoms with Gasteiger partial charge in [-0.1, -0.05) is 45.0 Å². The number of nitrogens with zero attached hydrogens (tertiary/aromatic N) is 2. The first-order chi connectivity index (χ1) is 14.3. The number of aliphatic imine (C=N–C) groups is 1. The predicted octanol–water partition coefficient (Wildman–Crippen LogP) is 4.70. The molecule has 0 spiro atoms. The second-order valence-corrected chi connectivity index (χ2v) is 9.12. The number of benzene rings is 1. The summed E-state index contributed by atoms with van der Waals surface area (Å²) in [5.41, 5.74) is 2.72. The number of rotatable bonds is 6. The molecule has 6 nitrogen and oxygen atoms in total. The van der Waals surface area contributed by atoms with Crippen molar-refractivity contribution in [3.63, 3.8) is 0 Å². The van der Waals surface area contributed by atoms with E-state index in [1.807, 2.05) is 0 Å². The van der Waals surface area contributed by atoms with Gasteiger partial charge in [-0.2, -0.15) is 0 Å². The maximum atomic E-state index is 5.89. The lowest BCUT2D eigenvalue weighted by Crippen LogP contribution is -2.48. The number of aryl methyl sites for hydroxylation is 1. The summed E-state index contributed by atoms with van der Waals surface area (Å²) in [5, 5.41) is 6.93. The summed E-state index contributed by atoms with van der Waals surface area (Å²) in [5.74, 6) is 2.30. The summed E-state index contributed by atoms with van der Waals surface area (Å²) in [6.07, 6.45) is 3.80. The number of nitrogens with one attached hydrogen (secondary N) is 2. The zero-order valence-electron chi connectivity index (χ0n) is 19.5. The highest BCUT2D eigenvalue weighted by Crippen LogP contribution is 2.36. The van der Waals surface area contributed by atoms with Crippen molar-refractivity contribution in [2.24, 2.45) is 4.99 Å². The zero-order valence-corrected chi connectivity index (χ0v) is 21.8. The number of aromatic nitrogens is 1. The van der Waals surface area contributed by atoms with E-state index in [0.29, 0.717) is 12.4 Å². The van der Waals surface area contributed by atoms with Crippen molar-refractivity contribution < 1.29 is 9.15 Å². The minimum absolute atomic E-state index is 0. The second kappa shape index (κ2) is 11.3. The van der Waals surface area contributed by atoms with E-state index in [4.69, 9.17) is 14.1 Å². The van der Waals surface area contributed by atoms with E-state index < -0.39 is 0 Å². The second-order valence-electron chi connectivity index (χ2n) is 9.12. The third-order valence-electron chi connectivity index (χ3n) is 5.77. The molecular weight excluding hydrogens is 503 g/mol. The van der Waals surface area contributed by atoms with Gasteiger partial charge in [-0.15, -0.1) is 24.0 Å². The average Bonchev–Trinajstić information content (AvgIpc) is 3.21. The molecule has 1 saturated heterocycles. The maximum absolute atomic E-state index is 5.89. The van der Waals surface area contributed by atoms with Crippen LogP contribution in [-0.2, 0) is 22.1 Å². The van der Waals surface area contributed by atoms with Gasteiger partial charge in [0.1, 0.15) is 12.3 Å². The van der Waals surface area contributed by atoms with Crippen LogP contribution in [0.3, 0.4) is 0 Å². The number of halogens is 1. The predicted molar refractivity (Wildman–Crippen MR) is 136 cm³/mol. The summed E-state index contributed by atoms with van der Waals surface area (Å²) in [6, 6.07) is 8.69. The van der Waals surface area contributed by atoms with Gasteiger partial charge in [-0.3, -0.25) is 0 Å². The Labute approximate surface area is 203 Å². The van der Waals surface area contributed by atoms with Crippen LogP contribution in [0.15, 0.2) is 39.9 Å². The molecule has 0 bridgehead atoms. The summed E-state index contributed by atoms with van der Waals surface area (Å²) in [6.45, 7) is 14.2. The lowest BCUT2D eigenvalue weighted by molar-refractivity contribution is 0.0512. The molecule has 2 N–H and O–H groups in total. The van der Waals surface area contributed by atoms with Gasteiger partial charge < -0.3 is 19.8 Å². The van der Waals surface area contributed by atoms with Crippen molar-refractivity contribution >= 4 is 29.9 Å². The molecule has 3 rings (SSSR count). The molecule has 7 heteroatoms. The highest BCUT2D eigenvalue weighted by Gasteiger charge is 2.35. The molecule has 0 unspecified atom stereocenters. The van der Waals surface area contributed by atoms with Crippen LogP contribution in [0.5, 0.6) is 0 Å².